The molecule has 2 aromatic heterocycles. The van der Waals surface area contributed by atoms with Crippen LogP contribution in [0.3, 0.4) is 0 Å². The molecule has 1 amide bonds. The minimum absolute atomic E-state index is 0.0916. The fourth-order valence-corrected chi connectivity index (χ4v) is 2.37. The third kappa shape index (κ3) is 3.29. The van der Waals surface area contributed by atoms with E-state index in [0.29, 0.717) is 24.6 Å². The lowest BCUT2D eigenvalue weighted by Crippen LogP contribution is -2.30. The van der Waals surface area contributed by atoms with Crippen LogP contribution in [0.15, 0.2) is 29.9 Å². The van der Waals surface area contributed by atoms with Crippen LogP contribution in [-0.4, -0.2) is 34.4 Å². The number of carbonyl (C=O) groups is 1. The van der Waals surface area contributed by atoms with E-state index in [0.717, 1.165) is 4.88 Å². The molecule has 2 heterocycles. The first-order chi connectivity index (χ1) is 9.24. The Kier molecular flexibility index (Phi) is 4.46. The van der Waals surface area contributed by atoms with Gasteiger partial charge in [-0.1, -0.05) is 6.07 Å². The predicted octanol–water partition coefficient (Wildman–Crippen LogP) is 2.24. The second-order valence-electron chi connectivity index (χ2n) is 3.94. The average Bonchev–Trinajstić information content (AvgIpc) is 2.97. The van der Waals surface area contributed by atoms with Crippen LogP contribution < -0.4 is 5.32 Å². The molecule has 6 heteroatoms. The van der Waals surface area contributed by atoms with Crippen molar-refractivity contribution in [3.63, 3.8) is 0 Å². The Hall–Kier alpha value is -1.95. The highest BCUT2D eigenvalue weighted by atomic mass is 32.1. The molecule has 0 fully saturated rings. The van der Waals surface area contributed by atoms with Crippen molar-refractivity contribution in [1.82, 2.24) is 14.9 Å². The number of nitrogens with zero attached hydrogens (tertiary/aromatic N) is 3. The number of hydrogen-bond donors (Lipinski definition) is 1. The summed E-state index contributed by atoms with van der Waals surface area (Å²) in [5.41, 5.74) is 0.373. The number of anilines is 1. The molecule has 1 N–H and O–H groups in total. The van der Waals surface area contributed by atoms with Gasteiger partial charge in [-0.2, -0.15) is 0 Å². The van der Waals surface area contributed by atoms with Gasteiger partial charge in [0.05, 0.1) is 18.9 Å². The highest BCUT2D eigenvalue weighted by molar-refractivity contribution is 7.09. The molecule has 19 heavy (non-hydrogen) atoms. The van der Waals surface area contributed by atoms with Crippen LogP contribution in [0.2, 0.25) is 0 Å². The molecule has 0 spiro atoms. The van der Waals surface area contributed by atoms with Gasteiger partial charge in [0.2, 0.25) is 0 Å². The molecular formula is C13H16N4OS. The van der Waals surface area contributed by atoms with E-state index in [1.165, 1.54) is 6.20 Å². The summed E-state index contributed by atoms with van der Waals surface area (Å²) < 4.78 is 0. The monoisotopic (exact) mass is 276 g/mol. The van der Waals surface area contributed by atoms with Gasteiger partial charge in [0.25, 0.3) is 5.91 Å². The van der Waals surface area contributed by atoms with Gasteiger partial charge in [-0.15, -0.1) is 11.3 Å². The van der Waals surface area contributed by atoms with E-state index in [-0.39, 0.29) is 5.91 Å². The maximum Gasteiger partial charge on any atom is 0.274 e. The van der Waals surface area contributed by atoms with E-state index < -0.39 is 0 Å². The van der Waals surface area contributed by atoms with Gasteiger partial charge in [0.15, 0.2) is 0 Å². The summed E-state index contributed by atoms with van der Waals surface area (Å²) in [4.78, 5) is 23.5. The Balaban J connectivity index is 2.10. The molecule has 0 unspecified atom stereocenters. The summed E-state index contributed by atoms with van der Waals surface area (Å²) in [6.45, 7) is 3.22. The first-order valence-electron chi connectivity index (χ1n) is 6.06. The molecule has 0 aliphatic carbocycles. The number of aromatic nitrogens is 2. The standard InChI is InChI=1S/C13H16N4OS/c1-3-17(9-10-5-4-6-19-10)13(18)11-7-16-12(14-2)8-15-11/h4-8H,3,9H2,1-2H3,(H,14,16). The van der Waals surface area contributed by atoms with Crippen molar-refractivity contribution in [3.05, 3.63) is 40.5 Å². The topological polar surface area (TPSA) is 58.1 Å². The molecule has 0 saturated heterocycles. The third-order valence-corrected chi connectivity index (χ3v) is 3.58. The van der Waals surface area contributed by atoms with E-state index in [4.69, 9.17) is 0 Å². The van der Waals surface area contributed by atoms with E-state index in [9.17, 15) is 4.79 Å². The zero-order valence-corrected chi connectivity index (χ0v) is 11.8. The molecule has 100 valence electrons. The number of nitrogens with one attached hydrogen (secondary N) is 1. The Morgan fingerprint density at radius 3 is 2.79 bits per heavy atom. The van der Waals surface area contributed by atoms with E-state index >= 15 is 0 Å². The van der Waals surface area contributed by atoms with Gasteiger partial charge in [-0.25, -0.2) is 9.97 Å². The SMILES string of the molecule is CCN(Cc1cccs1)C(=O)c1cnc(NC)cn1. The zero-order chi connectivity index (χ0) is 13.7. The molecule has 5 nitrogen and oxygen atoms in total. The second kappa shape index (κ2) is 6.29. The number of carbonyl (C=O) groups excluding carboxylic acids is 1. The largest absolute Gasteiger partial charge is 0.372 e. The van der Waals surface area contributed by atoms with Crippen LogP contribution in [0, 0.1) is 0 Å². The van der Waals surface area contributed by atoms with E-state index in [2.05, 4.69) is 15.3 Å². The Morgan fingerprint density at radius 2 is 2.26 bits per heavy atom. The molecule has 0 saturated carbocycles. The van der Waals surface area contributed by atoms with Gasteiger partial charge in [0, 0.05) is 18.5 Å². The number of hydrogen-bond acceptors (Lipinski definition) is 5. The van der Waals surface area contributed by atoms with Crippen molar-refractivity contribution in [3.8, 4) is 0 Å². The number of rotatable bonds is 5. The molecule has 0 aliphatic heterocycles. The summed E-state index contributed by atoms with van der Waals surface area (Å²) in [5, 5.41) is 4.88. The van der Waals surface area contributed by atoms with Crippen LogP contribution in [0.25, 0.3) is 0 Å². The highest BCUT2D eigenvalue weighted by Gasteiger charge is 2.16. The Labute approximate surface area is 116 Å². The van der Waals surface area contributed by atoms with E-state index in [1.807, 2.05) is 24.4 Å². The van der Waals surface area contributed by atoms with Gasteiger partial charge in [0.1, 0.15) is 11.5 Å². The predicted molar refractivity (Wildman–Crippen MR) is 76.3 cm³/mol. The Morgan fingerprint density at radius 1 is 1.42 bits per heavy atom. The lowest BCUT2D eigenvalue weighted by atomic mass is 10.3. The smallest absolute Gasteiger partial charge is 0.274 e. The van der Waals surface area contributed by atoms with Crippen LogP contribution >= 0.6 is 11.3 Å². The summed E-state index contributed by atoms with van der Waals surface area (Å²) in [6, 6.07) is 4.01. The van der Waals surface area contributed by atoms with Crippen molar-refractivity contribution < 1.29 is 4.79 Å². The Bertz CT molecular complexity index is 524. The van der Waals surface area contributed by atoms with Crippen LogP contribution in [0.4, 0.5) is 5.82 Å². The zero-order valence-electron chi connectivity index (χ0n) is 11.0. The van der Waals surface area contributed by atoms with Crippen molar-refractivity contribution >= 4 is 23.1 Å². The van der Waals surface area contributed by atoms with Gasteiger partial charge in [-0.3, -0.25) is 4.79 Å². The normalized spacial score (nSPS) is 10.2. The highest BCUT2D eigenvalue weighted by Crippen LogP contribution is 2.13. The minimum atomic E-state index is -0.0916. The van der Waals surface area contributed by atoms with Gasteiger partial charge >= 0.3 is 0 Å². The third-order valence-electron chi connectivity index (χ3n) is 2.72. The van der Waals surface area contributed by atoms with Crippen molar-refractivity contribution in [2.75, 3.05) is 18.9 Å². The fraction of sp³-hybridized carbons (Fsp3) is 0.308. The number of amides is 1. The van der Waals surface area contributed by atoms with Crippen LogP contribution in [-0.2, 0) is 6.54 Å². The van der Waals surface area contributed by atoms with Gasteiger partial charge < -0.3 is 10.2 Å². The molecule has 0 radical (unpaired) electrons. The maximum absolute atomic E-state index is 12.3. The molecular weight excluding hydrogens is 260 g/mol. The summed E-state index contributed by atoms with van der Waals surface area (Å²) >= 11 is 1.65. The van der Waals surface area contributed by atoms with Crippen molar-refractivity contribution in [2.24, 2.45) is 0 Å². The van der Waals surface area contributed by atoms with Gasteiger partial charge in [-0.05, 0) is 18.4 Å². The number of thiophene rings is 1. The fourth-order valence-electron chi connectivity index (χ4n) is 1.65. The molecule has 0 aromatic carbocycles. The molecule has 2 rings (SSSR count). The van der Waals surface area contributed by atoms with Crippen LogP contribution in [0.1, 0.15) is 22.3 Å². The lowest BCUT2D eigenvalue weighted by Gasteiger charge is -2.19. The second-order valence-corrected chi connectivity index (χ2v) is 4.97. The van der Waals surface area contributed by atoms with Crippen molar-refractivity contribution in [2.45, 2.75) is 13.5 Å². The average molecular weight is 276 g/mol. The summed E-state index contributed by atoms with van der Waals surface area (Å²) in [7, 11) is 1.76. The first-order valence-corrected chi connectivity index (χ1v) is 6.94. The molecule has 0 aliphatic rings. The first kappa shape index (κ1) is 13.5. The molecule has 0 bridgehead atoms. The quantitative estimate of drug-likeness (QED) is 0.910. The minimum Gasteiger partial charge on any atom is -0.372 e. The summed E-state index contributed by atoms with van der Waals surface area (Å²) in [5.74, 6) is 0.559. The molecule has 2 aromatic rings. The van der Waals surface area contributed by atoms with E-state index in [1.54, 1.807) is 29.5 Å². The van der Waals surface area contributed by atoms with Crippen LogP contribution in [0.5, 0.6) is 0 Å². The molecule has 0 atom stereocenters. The maximum atomic E-state index is 12.3. The van der Waals surface area contributed by atoms with Crippen molar-refractivity contribution in [1.29, 1.82) is 0 Å². The summed E-state index contributed by atoms with van der Waals surface area (Å²) in [6.07, 6.45) is 3.07. The lowest BCUT2D eigenvalue weighted by molar-refractivity contribution is 0.0748.